The predicted molar refractivity (Wildman–Crippen MR) is 35.3 cm³/mol. The van der Waals surface area contributed by atoms with Crippen LogP contribution >= 0.6 is 0 Å². The van der Waals surface area contributed by atoms with Gasteiger partial charge in [-0.15, -0.1) is 0 Å². The fraction of sp³-hybridized carbons (Fsp3) is 1.00. The minimum atomic E-state index is -0.515. The Hall–Kier alpha value is 0.110. The molecule has 2 atom stereocenters. The van der Waals surface area contributed by atoms with Crippen LogP contribution in [0.3, 0.4) is 0 Å². The molecule has 2 unspecified atom stereocenters. The fourth-order valence-corrected chi connectivity index (χ4v) is 2.39. The van der Waals surface area contributed by atoms with Gasteiger partial charge in [-0.2, -0.15) is 0 Å². The van der Waals surface area contributed by atoms with E-state index >= 15 is 0 Å². The Balaban J connectivity index is 2.32. The summed E-state index contributed by atoms with van der Waals surface area (Å²) < 4.78 is 10.7. The Morgan fingerprint density at radius 2 is 2.50 bits per heavy atom. The van der Waals surface area contributed by atoms with Gasteiger partial charge in [0.15, 0.2) is 0 Å². The second-order valence-electron chi connectivity index (χ2n) is 2.08. The first-order valence-electron chi connectivity index (χ1n) is 2.85. The van der Waals surface area contributed by atoms with Gasteiger partial charge in [0, 0.05) is 28.3 Å². The highest BCUT2D eigenvalue weighted by Crippen LogP contribution is 2.05. The van der Waals surface area contributed by atoms with Crippen molar-refractivity contribution in [2.24, 2.45) is 0 Å². The maximum absolute atomic E-state index is 10.7. The summed E-state index contributed by atoms with van der Waals surface area (Å²) in [6.45, 7) is 0. The van der Waals surface area contributed by atoms with Gasteiger partial charge in [-0.25, -0.2) is 0 Å². The molecule has 48 valence electrons. The summed E-state index contributed by atoms with van der Waals surface area (Å²) in [6, 6.07) is 0.524. The van der Waals surface area contributed by atoms with Crippen molar-refractivity contribution in [3.8, 4) is 0 Å². The van der Waals surface area contributed by atoms with E-state index in [0.717, 1.165) is 17.9 Å². The third kappa shape index (κ3) is 1.29. The Morgan fingerprint density at radius 1 is 1.75 bits per heavy atom. The van der Waals surface area contributed by atoms with Crippen molar-refractivity contribution < 1.29 is 4.21 Å². The van der Waals surface area contributed by atoms with E-state index in [4.69, 9.17) is 0 Å². The average molecular weight is 133 g/mol. The normalized spacial score (nSPS) is 38.1. The van der Waals surface area contributed by atoms with Gasteiger partial charge in [0.2, 0.25) is 0 Å². The maximum atomic E-state index is 10.7. The molecule has 0 spiro atoms. The third-order valence-electron chi connectivity index (χ3n) is 1.49. The third-order valence-corrected chi connectivity index (χ3v) is 2.95. The Kier molecular flexibility index (Phi) is 2.02. The SMILES string of the molecule is CNC1CCS(=O)C1. The molecular formula is C5H11NOS. The predicted octanol–water partition coefficient (Wildman–Crippen LogP) is -0.273. The monoisotopic (exact) mass is 133 g/mol. The van der Waals surface area contributed by atoms with Crippen molar-refractivity contribution in [1.82, 2.24) is 5.32 Å². The van der Waals surface area contributed by atoms with Gasteiger partial charge < -0.3 is 5.32 Å². The summed E-state index contributed by atoms with van der Waals surface area (Å²) in [5, 5.41) is 3.10. The van der Waals surface area contributed by atoms with Gasteiger partial charge in [0.25, 0.3) is 0 Å². The maximum Gasteiger partial charge on any atom is 0.0389 e. The molecule has 1 fully saturated rings. The molecule has 1 heterocycles. The van der Waals surface area contributed by atoms with Crippen LogP contribution in [0.5, 0.6) is 0 Å². The molecule has 1 rings (SSSR count). The lowest BCUT2D eigenvalue weighted by atomic mass is 10.3. The lowest BCUT2D eigenvalue weighted by molar-refractivity contribution is 0.623. The molecule has 0 saturated carbocycles. The lowest BCUT2D eigenvalue weighted by Crippen LogP contribution is -2.24. The van der Waals surface area contributed by atoms with Crippen molar-refractivity contribution in [1.29, 1.82) is 0 Å². The first-order chi connectivity index (χ1) is 3.83. The van der Waals surface area contributed by atoms with Gasteiger partial charge in [0.05, 0.1) is 0 Å². The smallest absolute Gasteiger partial charge is 0.0389 e. The quantitative estimate of drug-likeness (QED) is 0.533. The van der Waals surface area contributed by atoms with Crippen LogP contribution in [0.25, 0.3) is 0 Å². The van der Waals surface area contributed by atoms with Crippen LogP contribution in [-0.4, -0.2) is 28.8 Å². The molecule has 8 heavy (non-hydrogen) atoms. The second kappa shape index (κ2) is 2.60. The molecule has 1 N–H and O–H groups in total. The van der Waals surface area contributed by atoms with E-state index in [1.54, 1.807) is 0 Å². The highest BCUT2D eigenvalue weighted by atomic mass is 32.2. The molecule has 3 heteroatoms. The molecule has 0 bridgehead atoms. The van der Waals surface area contributed by atoms with Crippen molar-refractivity contribution in [2.45, 2.75) is 12.5 Å². The molecule has 1 aliphatic heterocycles. The molecule has 1 aliphatic rings. The first-order valence-corrected chi connectivity index (χ1v) is 4.34. The fourth-order valence-electron chi connectivity index (χ4n) is 0.892. The van der Waals surface area contributed by atoms with Crippen LogP contribution in [-0.2, 0) is 10.8 Å². The summed E-state index contributed by atoms with van der Waals surface area (Å²) in [6.07, 6.45) is 1.09. The highest BCUT2D eigenvalue weighted by molar-refractivity contribution is 7.85. The van der Waals surface area contributed by atoms with E-state index in [9.17, 15) is 4.21 Å². The van der Waals surface area contributed by atoms with Crippen molar-refractivity contribution >= 4 is 10.8 Å². The minimum Gasteiger partial charge on any atom is -0.316 e. The summed E-state index contributed by atoms with van der Waals surface area (Å²) in [5.74, 6) is 1.75. The number of hydrogen-bond acceptors (Lipinski definition) is 2. The van der Waals surface area contributed by atoms with E-state index in [2.05, 4.69) is 5.32 Å². The highest BCUT2D eigenvalue weighted by Gasteiger charge is 2.18. The molecule has 0 aliphatic carbocycles. The van der Waals surface area contributed by atoms with Crippen molar-refractivity contribution in [2.75, 3.05) is 18.6 Å². The number of rotatable bonds is 1. The standard InChI is InChI=1S/C5H11NOS/c1-6-5-2-3-8(7)4-5/h5-6H,2-4H2,1H3. The minimum absolute atomic E-state index is 0.515. The molecule has 0 aromatic rings. The Bertz CT molecular complexity index is 105. The molecular weight excluding hydrogens is 122 g/mol. The van der Waals surface area contributed by atoms with Gasteiger partial charge in [-0.1, -0.05) is 0 Å². The summed E-state index contributed by atoms with van der Waals surface area (Å²) in [4.78, 5) is 0. The molecule has 2 nitrogen and oxygen atoms in total. The van der Waals surface area contributed by atoms with Crippen molar-refractivity contribution in [3.63, 3.8) is 0 Å². The zero-order valence-corrected chi connectivity index (χ0v) is 5.83. The lowest BCUT2D eigenvalue weighted by Gasteiger charge is -2.01. The van der Waals surface area contributed by atoms with Crippen LogP contribution in [0, 0.1) is 0 Å². The topological polar surface area (TPSA) is 29.1 Å². The van der Waals surface area contributed by atoms with Crippen LogP contribution in [0.2, 0.25) is 0 Å². The number of hydrogen-bond donors (Lipinski definition) is 1. The zero-order valence-electron chi connectivity index (χ0n) is 5.02. The van der Waals surface area contributed by atoms with Gasteiger partial charge in [-0.3, -0.25) is 4.21 Å². The molecule has 1 saturated heterocycles. The van der Waals surface area contributed by atoms with Crippen LogP contribution < -0.4 is 5.32 Å². The van der Waals surface area contributed by atoms with E-state index in [0.29, 0.717) is 6.04 Å². The van der Waals surface area contributed by atoms with E-state index in [-0.39, 0.29) is 0 Å². The Labute approximate surface area is 52.1 Å². The van der Waals surface area contributed by atoms with Crippen LogP contribution in [0.15, 0.2) is 0 Å². The summed E-state index contributed by atoms with van der Waals surface area (Å²) >= 11 is 0. The van der Waals surface area contributed by atoms with E-state index in [1.165, 1.54) is 0 Å². The van der Waals surface area contributed by atoms with Gasteiger partial charge in [-0.05, 0) is 13.5 Å². The first kappa shape index (κ1) is 6.23. The van der Waals surface area contributed by atoms with Gasteiger partial charge >= 0.3 is 0 Å². The van der Waals surface area contributed by atoms with Crippen LogP contribution in [0.1, 0.15) is 6.42 Å². The second-order valence-corrected chi connectivity index (χ2v) is 3.71. The largest absolute Gasteiger partial charge is 0.316 e. The average Bonchev–Trinajstić information content (AvgIpc) is 2.14. The molecule has 0 amide bonds. The van der Waals surface area contributed by atoms with Gasteiger partial charge in [0.1, 0.15) is 0 Å². The van der Waals surface area contributed by atoms with E-state index < -0.39 is 10.8 Å². The molecule has 0 aromatic heterocycles. The van der Waals surface area contributed by atoms with E-state index in [1.807, 2.05) is 7.05 Å². The summed E-state index contributed by atoms with van der Waals surface area (Å²) in [7, 11) is 1.41. The summed E-state index contributed by atoms with van der Waals surface area (Å²) in [5.41, 5.74) is 0. The zero-order chi connectivity index (χ0) is 5.98. The molecule has 0 radical (unpaired) electrons. The van der Waals surface area contributed by atoms with Crippen molar-refractivity contribution in [3.05, 3.63) is 0 Å². The number of nitrogens with one attached hydrogen (secondary N) is 1. The Morgan fingerprint density at radius 3 is 2.75 bits per heavy atom. The van der Waals surface area contributed by atoms with Crippen LogP contribution in [0.4, 0.5) is 0 Å². The molecule has 0 aromatic carbocycles.